The predicted octanol–water partition coefficient (Wildman–Crippen LogP) is 6.75. The highest BCUT2D eigenvalue weighted by Gasteiger charge is 2.38. The van der Waals surface area contributed by atoms with Crippen molar-refractivity contribution in [3.63, 3.8) is 0 Å². The van der Waals surface area contributed by atoms with Crippen LogP contribution in [0.3, 0.4) is 0 Å². The fourth-order valence-corrected chi connectivity index (χ4v) is 4.74. The van der Waals surface area contributed by atoms with Gasteiger partial charge in [0, 0.05) is 17.2 Å². The van der Waals surface area contributed by atoms with Gasteiger partial charge in [-0.25, -0.2) is 18.7 Å². The number of hydrogen-bond donors (Lipinski definition) is 1. The van der Waals surface area contributed by atoms with Crippen LogP contribution in [-0.4, -0.2) is 19.5 Å². The molecule has 2 heterocycles. The molecule has 41 heavy (non-hydrogen) atoms. The number of nitrogens with two attached hydrogens (primary N) is 1. The number of anilines is 1. The van der Waals surface area contributed by atoms with Gasteiger partial charge in [0.2, 0.25) is 0 Å². The SMILES string of the molecule is Cc1cc(F)cc(F)c1C(C)n1cnc(=O)c2cc(Oc3cccc(-c4ncc(N)c(C)n4)c3C(F)(F)F)ccc21. The number of fused-ring (bicyclic) bond motifs is 1. The third-order valence-corrected chi connectivity index (χ3v) is 6.71. The summed E-state index contributed by atoms with van der Waals surface area (Å²) < 4.78 is 78.5. The minimum absolute atomic E-state index is 0.0271. The van der Waals surface area contributed by atoms with Gasteiger partial charge in [-0.3, -0.25) is 4.79 Å². The van der Waals surface area contributed by atoms with Crippen LogP contribution in [0.25, 0.3) is 22.3 Å². The molecular formula is C29H22F5N5O2. The van der Waals surface area contributed by atoms with Crippen molar-refractivity contribution < 1.29 is 26.7 Å². The molecule has 0 aliphatic heterocycles. The van der Waals surface area contributed by atoms with Crippen LogP contribution >= 0.6 is 0 Å². The highest BCUT2D eigenvalue weighted by Crippen LogP contribution is 2.43. The molecule has 0 amide bonds. The van der Waals surface area contributed by atoms with Gasteiger partial charge < -0.3 is 15.0 Å². The summed E-state index contributed by atoms with van der Waals surface area (Å²) in [5.74, 6) is -2.27. The van der Waals surface area contributed by atoms with E-state index in [9.17, 15) is 26.7 Å². The Morgan fingerprint density at radius 3 is 2.46 bits per heavy atom. The monoisotopic (exact) mass is 567 g/mol. The van der Waals surface area contributed by atoms with Crippen LogP contribution in [0, 0.1) is 25.5 Å². The first-order valence-electron chi connectivity index (χ1n) is 12.3. The Labute approximate surface area is 230 Å². The van der Waals surface area contributed by atoms with E-state index in [2.05, 4.69) is 15.0 Å². The molecule has 1 atom stereocenters. The van der Waals surface area contributed by atoms with Crippen molar-refractivity contribution >= 4 is 16.6 Å². The van der Waals surface area contributed by atoms with Crippen molar-refractivity contribution in [3.8, 4) is 22.9 Å². The van der Waals surface area contributed by atoms with Crippen LogP contribution < -0.4 is 16.0 Å². The second-order valence-electron chi connectivity index (χ2n) is 9.44. The lowest BCUT2D eigenvalue weighted by molar-refractivity contribution is -0.138. The van der Waals surface area contributed by atoms with E-state index in [1.807, 2.05) is 0 Å². The predicted molar refractivity (Wildman–Crippen MR) is 143 cm³/mol. The Balaban J connectivity index is 1.59. The number of nitrogen functional groups attached to an aromatic ring is 1. The molecule has 0 fully saturated rings. The van der Waals surface area contributed by atoms with Crippen molar-refractivity contribution in [2.24, 2.45) is 0 Å². The zero-order valence-electron chi connectivity index (χ0n) is 21.9. The molecule has 0 aliphatic rings. The lowest BCUT2D eigenvalue weighted by Gasteiger charge is -2.21. The van der Waals surface area contributed by atoms with E-state index >= 15 is 0 Å². The van der Waals surface area contributed by atoms with Crippen molar-refractivity contribution in [3.05, 3.63) is 105 Å². The number of ether oxygens (including phenoxy) is 1. The Bertz CT molecular complexity index is 1850. The van der Waals surface area contributed by atoms with Gasteiger partial charge in [0.05, 0.1) is 40.9 Å². The Hall–Kier alpha value is -4.87. The van der Waals surface area contributed by atoms with Gasteiger partial charge in [-0.2, -0.15) is 18.2 Å². The average molecular weight is 568 g/mol. The second kappa shape index (κ2) is 10.3. The summed E-state index contributed by atoms with van der Waals surface area (Å²) in [6.45, 7) is 4.77. The Kier molecular flexibility index (Phi) is 6.93. The maximum absolute atomic E-state index is 14.7. The Morgan fingerprint density at radius 2 is 1.78 bits per heavy atom. The summed E-state index contributed by atoms with van der Waals surface area (Å²) in [5.41, 5.74) is 5.08. The molecule has 0 bridgehead atoms. The zero-order valence-corrected chi connectivity index (χ0v) is 21.9. The largest absolute Gasteiger partial charge is 0.457 e. The number of aromatic nitrogens is 4. The summed E-state index contributed by atoms with van der Waals surface area (Å²) in [5, 5.41) is 0.0271. The molecule has 0 saturated heterocycles. The average Bonchev–Trinajstić information content (AvgIpc) is 2.89. The molecule has 0 radical (unpaired) electrons. The van der Waals surface area contributed by atoms with E-state index in [0.29, 0.717) is 16.8 Å². The minimum Gasteiger partial charge on any atom is -0.457 e. The van der Waals surface area contributed by atoms with Crippen LogP contribution in [0.5, 0.6) is 11.5 Å². The second-order valence-corrected chi connectivity index (χ2v) is 9.44. The molecule has 0 spiro atoms. The van der Waals surface area contributed by atoms with Gasteiger partial charge in [0.15, 0.2) is 5.82 Å². The summed E-state index contributed by atoms with van der Waals surface area (Å²) in [6.07, 6.45) is -2.38. The van der Waals surface area contributed by atoms with Crippen molar-refractivity contribution in [1.82, 2.24) is 19.5 Å². The molecule has 5 aromatic rings. The highest BCUT2D eigenvalue weighted by molar-refractivity contribution is 5.80. The molecule has 3 aromatic carbocycles. The standard InChI is InChI=1S/C29H22F5N5O2/c1-14-9-17(30)10-21(31)25(14)16(3)39-13-37-28(40)20-11-18(7-8-23(20)39)41-24-6-4-5-19(26(24)29(32,33)34)27-36-12-22(35)15(2)38-27/h4-13,16H,35H2,1-3H3. The smallest absolute Gasteiger partial charge is 0.420 e. The van der Waals surface area contributed by atoms with E-state index in [4.69, 9.17) is 10.5 Å². The summed E-state index contributed by atoms with van der Waals surface area (Å²) >= 11 is 0. The van der Waals surface area contributed by atoms with Gasteiger partial charge in [-0.15, -0.1) is 0 Å². The summed E-state index contributed by atoms with van der Waals surface area (Å²) in [4.78, 5) is 24.6. The first-order chi connectivity index (χ1) is 19.3. The highest BCUT2D eigenvalue weighted by atomic mass is 19.4. The molecule has 1 unspecified atom stereocenters. The maximum Gasteiger partial charge on any atom is 0.420 e. The fourth-order valence-electron chi connectivity index (χ4n) is 4.74. The molecular weight excluding hydrogens is 545 g/mol. The van der Waals surface area contributed by atoms with Gasteiger partial charge in [0.1, 0.15) is 28.7 Å². The van der Waals surface area contributed by atoms with Crippen LogP contribution in [0.2, 0.25) is 0 Å². The summed E-state index contributed by atoms with van der Waals surface area (Å²) in [7, 11) is 0. The number of benzene rings is 3. The fraction of sp³-hybridized carbons (Fsp3) is 0.172. The quantitative estimate of drug-likeness (QED) is 0.236. The van der Waals surface area contributed by atoms with E-state index in [0.717, 1.165) is 12.1 Å². The summed E-state index contributed by atoms with van der Waals surface area (Å²) in [6, 6.07) is 9.11. The van der Waals surface area contributed by atoms with Crippen LogP contribution in [-0.2, 0) is 6.18 Å². The van der Waals surface area contributed by atoms with Crippen LogP contribution in [0.1, 0.15) is 35.3 Å². The van der Waals surface area contributed by atoms with Crippen molar-refractivity contribution in [1.29, 1.82) is 0 Å². The Morgan fingerprint density at radius 1 is 1.02 bits per heavy atom. The molecule has 7 nitrogen and oxygen atoms in total. The van der Waals surface area contributed by atoms with E-state index in [1.54, 1.807) is 20.8 Å². The van der Waals surface area contributed by atoms with E-state index < -0.39 is 40.7 Å². The van der Waals surface area contributed by atoms with Gasteiger partial charge in [-0.1, -0.05) is 12.1 Å². The minimum atomic E-state index is -4.85. The third kappa shape index (κ3) is 5.20. The zero-order chi connectivity index (χ0) is 29.6. The van der Waals surface area contributed by atoms with Gasteiger partial charge >= 0.3 is 6.18 Å². The molecule has 210 valence electrons. The van der Waals surface area contributed by atoms with Crippen molar-refractivity contribution in [2.45, 2.75) is 33.0 Å². The van der Waals surface area contributed by atoms with E-state index in [1.165, 1.54) is 53.5 Å². The molecule has 0 aliphatic carbocycles. The number of aryl methyl sites for hydroxylation is 2. The molecule has 12 heteroatoms. The number of nitrogens with zero attached hydrogens (tertiary/aromatic N) is 4. The lowest BCUT2D eigenvalue weighted by atomic mass is 10.0. The van der Waals surface area contributed by atoms with Gasteiger partial charge in [-0.05, 0) is 56.7 Å². The normalized spacial score (nSPS) is 12.5. The topological polar surface area (TPSA) is 95.9 Å². The van der Waals surface area contributed by atoms with Gasteiger partial charge in [0.25, 0.3) is 5.56 Å². The molecule has 2 N–H and O–H groups in total. The number of alkyl halides is 3. The number of halogens is 5. The molecule has 2 aromatic heterocycles. The first-order valence-corrected chi connectivity index (χ1v) is 12.3. The molecule has 5 rings (SSSR count). The number of hydrogen-bond acceptors (Lipinski definition) is 6. The third-order valence-electron chi connectivity index (χ3n) is 6.71. The van der Waals surface area contributed by atoms with E-state index in [-0.39, 0.29) is 33.8 Å². The lowest BCUT2D eigenvalue weighted by Crippen LogP contribution is -2.17. The van der Waals surface area contributed by atoms with Crippen molar-refractivity contribution in [2.75, 3.05) is 5.73 Å². The number of rotatable bonds is 5. The van der Waals surface area contributed by atoms with Crippen LogP contribution in [0.15, 0.2) is 65.8 Å². The first kappa shape index (κ1) is 27.7. The van der Waals surface area contributed by atoms with Crippen LogP contribution in [0.4, 0.5) is 27.6 Å². The molecule has 0 saturated carbocycles. The maximum atomic E-state index is 14.7.